The summed E-state index contributed by atoms with van der Waals surface area (Å²) in [6, 6.07) is 7.85. The first-order valence-electron chi connectivity index (χ1n) is 7.35. The van der Waals surface area contributed by atoms with Crippen molar-refractivity contribution in [3.05, 3.63) is 41.7 Å². The van der Waals surface area contributed by atoms with Crippen LogP contribution in [0.1, 0.15) is 22.5 Å². The average Bonchev–Trinajstić information content (AvgIpc) is 3.21. The first-order valence-corrected chi connectivity index (χ1v) is 7.35. The summed E-state index contributed by atoms with van der Waals surface area (Å²) in [7, 11) is 0. The highest BCUT2D eigenvalue weighted by Crippen LogP contribution is 2.28. The van der Waals surface area contributed by atoms with Crippen LogP contribution in [0, 0.1) is 18.3 Å². The average molecular weight is 279 g/mol. The zero-order valence-corrected chi connectivity index (χ0v) is 11.7. The van der Waals surface area contributed by atoms with Crippen LogP contribution >= 0.6 is 0 Å². The largest absolute Gasteiger partial charge is 0.348 e. The highest BCUT2D eigenvalue weighted by molar-refractivity contribution is 5.95. The zero-order valence-electron chi connectivity index (χ0n) is 11.7. The standard InChI is InChI=1S/C17H17N3O/c1-2-14-3-4-15-9-12(6-8-20(14)15)17(21)18-16-11-19-7-5-13(16)10-19/h1,3-4,6,8-9,13,16H,5,7,10-11H2,(H,18,21). The third-order valence-corrected chi connectivity index (χ3v) is 4.72. The molecule has 1 amide bonds. The number of hydrogen-bond donors (Lipinski definition) is 1. The molecule has 0 aliphatic carbocycles. The van der Waals surface area contributed by atoms with Crippen LogP contribution in [0.2, 0.25) is 0 Å². The predicted molar refractivity (Wildman–Crippen MR) is 81.1 cm³/mol. The Morgan fingerprint density at radius 3 is 2.95 bits per heavy atom. The van der Waals surface area contributed by atoms with Crippen LogP contribution in [0.25, 0.3) is 5.52 Å². The second kappa shape index (κ2) is 4.64. The molecule has 0 saturated carbocycles. The molecule has 4 heterocycles. The van der Waals surface area contributed by atoms with Gasteiger partial charge in [-0.2, -0.15) is 0 Å². The van der Waals surface area contributed by atoms with E-state index in [-0.39, 0.29) is 5.91 Å². The lowest BCUT2D eigenvalue weighted by molar-refractivity contribution is 0.0924. The number of hydrogen-bond acceptors (Lipinski definition) is 2. The maximum Gasteiger partial charge on any atom is 0.251 e. The van der Waals surface area contributed by atoms with Crippen molar-refractivity contribution in [2.24, 2.45) is 5.92 Å². The molecule has 2 aliphatic heterocycles. The Kier molecular flexibility index (Phi) is 2.76. The maximum atomic E-state index is 12.4. The van der Waals surface area contributed by atoms with Crippen LogP contribution in [0.4, 0.5) is 0 Å². The van der Waals surface area contributed by atoms with Gasteiger partial charge < -0.3 is 14.6 Å². The Bertz CT molecular complexity index is 755. The SMILES string of the molecule is C#Cc1ccc2cc(C(=O)NC3CN4CCC3C4)ccn12. The summed E-state index contributed by atoms with van der Waals surface area (Å²) in [5.74, 6) is 3.27. The molecule has 21 heavy (non-hydrogen) atoms. The summed E-state index contributed by atoms with van der Waals surface area (Å²) < 4.78 is 1.92. The number of terminal acetylenes is 1. The Morgan fingerprint density at radius 2 is 2.24 bits per heavy atom. The van der Waals surface area contributed by atoms with Crippen molar-refractivity contribution in [3.63, 3.8) is 0 Å². The first kappa shape index (κ1) is 12.5. The fourth-order valence-electron chi connectivity index (χ4n) is 3.57. The van der Waals surface area contributed by atoms with Gasteiger partial charge in [0.2, 0.25) is 0 Å². The Hall–Kier alpha value is -2.25. The van der Waals surface area contributed by atoms with E-state index in [2.05, 4.69) is 16.1 Å². The van der Waals surface area contributed by atoms with Gasteiger partial charge in [-0.25, -0.2) is 0 Å². The molecule has 0 radical (unpaired) electrons. The third-order valence-electron chi connectivity index (χ3n) is 4.72. The van der Waals surface area contributed by atoms with E-state index in [0.29, 0.717) is 17.5 Å². The quantitative estimate of drug-likeness (QED) is 0.843. The van der Waals surface area contributed by atoms with Crippen LogP contribution in [0.15, 0.2) is 30.5 Å². The fraction of sp³-hybridized carbons (Fsp3) is 0.353. The molecule has 2 fully saturated rings. The van der Waals surface area contributed by atoms with Gasteiger partial charge in [0.25, 0.3) is 5.91 Å². The smallest absolute Gasteiger partial charge is 0.251 e. The molecule has 2 bridgehead atoms. The number of rotatable bonds is 2. The van der Waals surface area contributed by atoms with Gasteiger partial charge in [-0.1, -0.05) is 5.92 Å². The molecule has 2 saturated heterocycles. The van der Waals surface area contributed by atoms with Crippen LogP contribution in [-0.4, -0.2) is 40.9 Å². The van der Waals surface area contributed by atoms with Gasteiger partial charge in [0, 0.05) is 36.4 Å². The van der Waals surface area contributed by atoms with Crippen molar-refractivity contribution in [2.75, 3.05) is 19.6 Å². The molecule has 1 N–H and O–H groups in total. The van der Waals surface area contributed by atoms with E-state index >= 15 is 0 Å². The van der Waals surface area contributed by atoms with E-state index in [1.807, 2.05) is 34.9 Å². The number of nitrogens with one attached hydrogen (secondary N) is 1. The predicted octanol–water partition coefficient (Wildman–Crippen LogP) is 1.35. The van der Waals surface area contributed by atoms with Crippen molar-refractivity contribution in [2.45, 2.75) is 12.5 Å². The van der Waals surface area contributed by atoms with Gasteiger partial charge in [0.15, 0.2) is 0 Å². The molecule has 0 spiro atoms. The normalized spacial score (nSPS) is 26.9. The minimum Gasteiger partial charge on any atom is -0.348 e. The summed E-state index contributed by atoms with van der Waals surface area (Å²) in [5, 5.41) is 3.18. The minimum absolute atomic E-state index is 0.0136. The lowest BCUT2D eigenvalue weighted by atomic mass is 10.00. The number of piperidine rings is 1. The second-order valence-corrected chi connectivity index (χ2v) is 5.96. The van der Waals surface area contributed by atoms with Gasteiger partial charge in [0.1, 0.15) is 0 Å². The highest BCUT2D eigenvalue weighted by Gasteiger charge is 2.38. The van der Waals surface area contributed by atoms with Crippen LogP contribution < -0.4 is 5.32 Å². The molecular formula is C17H17N3O. The molecule has 3 unspecified atom stereocenters. The van der Waals surface area contributed by atoms with E-state index < -0.39 is 0 Å². The van der Waals surface area contributed by atoms with Gasteiger partial charge in [-0.05, 0) is 43.1 Å². The highest BCUT2D eigenvalue weighted by atomic mass is 16.1. The summed E-state index contributed by atoms with van der Waals surface area (Å²) in [6.45, 7) is 3.31. The Labute approximate surface area is 123 Å². The van der Waals surface area contributed by atoms with Crippen molar-refractivity contribution in [1.82, 2.24) is 14.6 Å². The van der Waals surface area contributed by atoms with Crippen LogP contribution in [0.3, 0.4) is 0 Å². The van der Waals surface area contributed by atoms with E-state index in [9.17, 15) is 4.79 Å². The molecule has 2 aliphatic rings. The Morgan fingerprint density at radius 1 is 1.33 bits per heavy atom. The minimum atomic E-state index is 0.0136. The third kappa shape index (κ3) is 2.01. The van der Waals surface area contributed by atoms with Crippen LogP contribution in [0.5, 0.6) is 0 Å². The second-order valence-electron chi connectivity index (χ2n) is 5.96. The number of fused-ring (bicyclic) bond motifs is 3. The Balaban J connectivity index is 1.55. The summed E-state index contributed by atoms with van der Waals surface area (Å²) in [6.07, 6.45) is 8.51. The van der Waals surface area contributed by atoms with E-state index in [4.69, 9.17) is 6.42 Å². The van der Waals surface area contributed by atoms with E-state index in [1.165, 1.54) is 13.0 Å². The first-order chi connectivity index (χ1) is 10.2. The molecular weight excluding hydrogens is 262 g/mol. The van der Waals surface area contributed by atoms with Gasteiger partial charge >= 0.3 is 0 Å². The van der Waals surface area contributed by atoms with Crippen LogP contribution in [-0.2, 0) is 0 Å². The van der Waals surface area contributed by atoms with Crippen molar-refractivity contribution in [1.29, 1.82) is 0 Å². The molecule has 3 atom stereocenters. The monoisotopic (exact) mass is 279 g/mol. The topological polar surface area (TPSA) is 36.8 Å². The molecule has 2 aromatic rings. The van der Waals surface area contributed by atoms with Crippen molar-refractivity contribution in [3.8, 4) is 12.3 Å². The maximum absolute atomic E-state index is 12.4. The van der Waals surface area contributed by atoms with E-state index in [0.717, 1.165) is 24.3 Å². The number of pyridine rings is 1. The van der Waals surface area contributed by atoms with Crippen molar-refractivity contribution >= 4 is 11.4 Å². The summed E-state index contributed by atoms with van der Waals surface area (Å²) in [4.78, 5) is 14.8. The summed E-state index contributed by atoms with van der Waals surface area (Å²) >= 11 is 0. The lowest BCUT2D eigenvalue weighted by Gasteiger charge is -2.23. The number of aromatic nitrogens is 1. The molecule has 2 aromatic heterocycles. The molecule has 4 nitrogen and oxygen atoms in total. The van der Waals surface area contributed by atoms with E-state index in [1.54, 1.807) is 0 Å². The molecule has 4 rings (SSSR count). The molecule has 4 heteroatoms. The molecule has 106 valence electrons. The molecule has 0 aromatic carbocycles. The number of carbonyl (C=O) groups is 1. The van der Waals surface area contributed by atoms with Gasteiger partial charge in [-0.3, -0.25) is 4.79 Å². The fourth-order valence-corrected chi connectivity index (χ4v) is 3.57. The number of nitrogens with zero attached hydrogens (tertiary/aromatic N) is 2. The van der Waals surface area contributed by atoms with Gasteiger partial charge in [-0.15, -0.1) is 6.42 Å². The lowest BCUT2D eigenvalue weighted by Crippen LogP contribution is -2.43. The van der Waals surface area contributed by atoms with Gasteiger partial charge in [0.05, 0.1) is 5.69 Å². The number of carbonyl (C=O) groups excluding carboxylic acids is 1. The summed E-state index contributed by atoms with van der Waals surface area (Å²) in [5.41, 5.74) is 2.45. The zero-order chi connectivity index (χ0) is 14.4. The van der Waals surface area contributed by atoms with Crippen molar-refractivity contribution < 1.29 is 4.79 Å². The number of amides is 1.